The summed E-state index contributed by atoms with van der Waals surface area (Å²) in [4.78, 5) is 18.4. The van der Waals surface area contributed by atoms with Gasteiger partial charge in [-0.1, -0.05) is 13.3 Å². The van der Waals surface area contributed by atoms with Gasteiger partial charge in [0.15, 0.2) is 5.13 Å². The molecule has 106 valence electrons. The number of anilines is 1. The summed E-state index contributed by atoms with van der Waals surface area (Å²) in [5.41, 5.74) is 1.05. The number of hydrogen-bond donors (Lipinski definition) is 1. The van der Waals surface area contributed by atoms with Gasteiger partial charge in [0.1, 0.15) is 0 Å². The highest BCUT2D eigenvalue weighted by atomic mass is 32.1. The number of amides is 2. The third-order valence-electron chi connectivity index (χ3n) is 3.42. The van der Waals surface area contributed by atoms with Crippen LogP contribution in [0, 0.1) is 0 Å². The fraction of sp³-hybridized carbons (Fsp3) is 0.692. The molecule has 1 fully saturated rings. The number of aromatic nitrogens is 1. The number of thiazole rings is 1. The molecule has 2 heterocycles. The Bertz CT molecular complexity index is 435. The molecule has 2 amide bonds. The van der Waals surface area contributed by atoms with Crippen molar-refractivity contribution in [1.29, 1.82) is 0 Å². The van der Waals surface area contributed by atoms with E-state index in [0.717, 1.165) is 18.5 Å². The first-order valence-corrected chi connectivity index (χ1v) is 7.63. The molecule has 0 aromatic carbocycles. The molecule has 0 radical (unpaired) electrons. The van der Waals surface area contributed by atoms with E-state index >= 15 is 0 Å². The van der Waals surface area contributed by atoms with E-state index < -0.39 is 0 Å². The smallest absolute Gasteiger partial charge is 0.324 e. The topological polar surface area (TPSA) is 54.5 Å². The molecule has 1 aromatic heterocycles. The fourth-order valence-electron chi connectivity index (χ4n) is 2.12. The minimum absolute atomic E-state index is 0.0754. The van der Waals surface area contributed by atoms with Crippen LogP contribution in [-0.4, -0.2) is 41.2 Å². The Morgan fingerprint density at radius 2 is 2.42 bits per heavy atom. The molecular weight excluding hydrogens is 262 g/mol. The maximum atomic E-state index is 12.2. The van der Waals surface area contributed by atoms with E-state index in [0.29, 0.717) is 18.3 Å². The number of nitrogens with one attached hydrogen (secondary N) is 1. The maximum absolute atomic E-state index is 12.2. The van der Waals surface area contributed by atoms with Gasteiger partial charge in [-0.05, 0) is 20.3 Å². The average molecular weight is 283 g/mol. The van der Waals surface area contributed by atoms with Gasteiger partial charge in [0.05, 0.1) is 24.4 Å². The third-order valence-corrected chi connectivity index (χ3v) is 4.22. The molecule has 0 aliphatic carbocycles. The Hall–Kier alpha value is -1.14. The molecule has 2 rings (SSSR count). The van der Waals surface area contributed by atoms with Crippen LogP contribution in [0.5, 0.6) is 0 Å². The van der Waals surface area contributed by atoms with Gasteiger partial charge in [0.2, 0.25) is 0 Å². The third kappa shape index (κ3) is 3.45. The van der Waals surface area contributed by atoms with Gasteiger partial charge in [-0.15, -0.1) is 11.3 Å². The second-order valence-electron chi connectivity index (χ2n) is 4.83. The van der Waals surface area contributed by atoms with Crippen molar-refractivity contribution < 1.29 is 9.53 Å². The van der Waals surface area contributed by atoms with Crippen LogP contribution in [0.4, 0.5) is 9.93 Å². The van der Waals surface area contributed by atoms with E-state index in [9.17, 15) is 4.79 Å². The van der Waals surface area contributed by atoms with Crippen molar-refractivity contribution in [2.45, 2.75) is 45.8 Å². The largest absolute Gasteiger partial charge is 0.375 e. The van der Waals surface area contributed by atoms with Crippen molar-refractivity contribution in [2.24, 2.45) is 0 Å². The van der Waals surface area contributed by atoms with Gasteiger partial charge in [-0.2, -0.15) is 0 Å². The predicted octanol–water partition coefficient (Wildman–Crippen LogP) is 2.74. The van der Waals surface area contributed by atoms with Gasteiger partial charge in [-0.3, -0.25) is 5.32 Å². The van der Waals surface area contributed by atoms with Crippen molar-refractivity contribution in [3.8, 4) is 0 Å². The lowest BCUT2D eigenvalue weighted by Gasteiger charge is -2.37. The summed E-state index contributed by atoms with van der Waals surface area (Å²) in [5.74, 6) is 0. The molecule has 1 N–H and O–H groups in total. The molecule has 0 bridgehead atoms. The second-order valence-corrected chi connectivity index (χ2v) is 5.69. The van der Waals surface area contributed by atoms with Crippen LogP contribution in [-0.2, 0) is 11.2 Å². The zero-order chi connectivity index (χ0) is 13.8. The van der Waals surface area contributed by atoms with Crippen LogP contribution in [0.2, 0.25) is 0 Å². The number of nitrogens with zero attached hydrogens (tertiary/aromatic N) is 2. The lowest BCUT2D eigenvalue weighted by atomic mass is 10.1. The van der Waals surface area contributed by atoms with E-state index in [-0.39, 0.29) is 18.2 Å². The van der Waals surface area contributed by atoms with Gasteiger partial charge in [0, 0.05) is 11.9 Å². The van der Waals surface area contributed by atoms with Crippen LogP contribution >= 0.6 is 11.3 Å². The lowest BCUT2D eigenvalue weighted by Crippen LogP contribution is -2.52. The number of urea groups is 1. The summed E-state index contributed by atoms with van der Waals surface area (Å²) < 4.78 is 5.52. The molecule has 1 saturated heterocycles. The normalized spacial score (nSPS) is 23.4. The van der Waals surface area contributed by atoms with Gasteiger partial charge in [-0.25, -0.2) is 9.78 Å². The van der Waals surface area contributed by atoms with Crippen LogP contribution in [0.3, 0.4) is 0 Å². The minimum atomic E-state index is -0.0833. The quantitative estimate of drug-likeness (QED) is 0.928. The Kier molecular flexibility index (Phi) is 4.76. The summed E-state index contributed by atoms with van der Waals surface area (Å²) in [7, 11) is 0. The second kappa shape index (κ2) is 6.34. The number of carbonyl (C=O) groups excluding carboxylic acids is 1. The predicted molar refractivity (Wildman–Crippen MR) is 76.7 cm³/mol. The van der Waals surface area contributed by atoms with Crippen LogP contribution in [0.15, 0.2) is 5.38 Å². The first-order chi connectivity index (χ1) is 9.11. The Morgan fingerprint density at radius 1 is 1.63 bits per heavy atom. The van der Waals surface area contributed by atoms with Gasteiger partial charge < -0.3 is 9.64 Å². The van der Waals surface area contributed by atoms with Gasteiger partial charge in [0.25, 0.3) is 0 Å². The van der Waals surface area contributed by atoms with Crippen molar-refractivity contribution in [3.63, 3.8) is 0 Å². The van der Waals surface area contributed by atoms with Gasteiger partial charge >= 0.3 is 6.03 Å². The van der Waals surface area contributed by atoms with Crippen molar-refractivity contribution in [2.75, 3.05) is 18.5 Å². The monoisotopic (exact) mass is 283 g/mol. The highest BCUT2D eigenvalue weighted by Crippen LogP contribution is 2.19. The van der Waals surface area contributed by atoms with Crippen LogP contribution < -0.4 is 5.32 Å². The summed E-state index contributed by atoms with van der Waals surface area (Å²) >= 11 is 1.48. The van der Waals surface area contributed by atoms with Crippen LogP contribution in [0.1, 0.15) is 32.9 Å². The zero-order valence-corrected chi connectivity index (χ0v) is 12.5. The summed E-state index contributed by atoms with van der Waals surface area (Å²) in [6, 6.07) is 0.00359. The standard InChI is InChI=1S/C13H21N3O2S/c1-4-5-11-8-19-12(14-11)15-13(17)16-6-7-18-10(3)9(16)2/h8-10H,4-7H2,1-3H3,(H,14,15,17). The maximum Gasteiger partial charge on any atom is 0.324 e. The lowest BCUT2D eigenvalue weighted by molar-refractivity contribution is -0.0355. The molecule has 1 aliphatic rings. The highest BCUT2D eigenvalue weighted by molar-refractivity contribution is 7.13. The average Bonchev–Trinajstić information content (AvgIpc) is 2.80. The summed E-state index contributed by atoms with van der Waals surface area (Å²) in [5, 5.41) is 5.57. The molecule has 5 nitrogen and oxygen atoms in total. The molecule has 1 aliphatic heterocycles. The van der Waals surface area contributed by atoms with E-state index in [1.807, 2.05) is 24.1 Å². The molecule has 6 heteroatoms. The minimum Gasteiger partial charge on any atom is -0.375 e. The number of ether oxygens (including phenoxy) is 1. The first-order valence-electron chi connectivity index (χ1n) is 6.75. The van der Waals surface area contributed by atoms with Crippen LogP contribution in [0.25, 0.3) is 0 Å². The van der Waals surface area contributed by atoms with Crippen molar-refractivity contribution in [1.82, 2.24) is 9.88 Å². The SMILES string of the molecule is CCCc1csc(NC(=O)N2CCOC(C)C2C)n1. The zero-order valence-electron chi connectivity index (χ0n) is 11.7. The number of carbonyl (C=O) groups is 1. The number of rotatable bonds is 3. The molecule has 2 atom stereocenters. The highest BCUT2D eigenvalue weighted by Gasteiger charge is 2.29. The number of hydrogen-bond acceptors (Lipinski definition) is 4. The number of aryl methyl sites for hydroxylation is 1. The molecule has 19 heavy (non-hydrogen) atoms. The summed E-state index contributed by atoms with van der Waals surface area (Å²) in [6.45, 7) is 7.34. The van der Waals surface area contributed by atoms with E-state index in [1.165, 1.54) is 11.3 Å². The Morgan fingerprint density at radius 3 is 3.16 bits per heavy atom. The molecule has 2 unspecified atom stereocenters. The number of morpholine rings is 1. The van der Waals surface area contributed by atoms with E-state index in [2.05, 4.69) is 17.2 Å². The molecule has 1 aromatic rings. The first kappa shape index (κ1) is 14.3. The van der Waals surface area contributed by atoms with E-state index in [4.69, 9.17) is 4.74 Å². The molecule has 0 spiro atoms. The molecule has 0 saturated carbocycles. The molecular formula is C13H21N3O2S. The summed E-state index contributed by atoms with van der Waals surface area (Å²) in [6.07, 6.45) is 2.10. The fourth-order valence-corrected chi connectivity index (χ4v) is 2.85. The van der Waals surface area contributed by atoms with E-state index in [1.54, 1.807) is 0 Å². The Balaban J connectivity index is 1.95. The van der Waals surface area contributed by atoms with Crippen molar-refractivity contribution >= 4 is 22.5 Å². The van der Waals surface area contributed by atoms with Crippen molar-refractivity contribution in [3.05, 3.63) is 11.1 Å². The Labute approximate surface area is 118 Å².